The molecule has 0 aliphatic carbocycles. The second kappa shape index (κ2) is 8.62. The summed E-state index contributed by atoms with van der Waals surface area (Å²) < 4.78 is 12.7. The fourth-order valence-electron chi connectivity index (χ4n) is 3.24. The Labute approximate surface area is 179 Å². The molecule has 0 atom stereocenters. The first-order valence-corrected chi connectivity index (χ1v) is 9.91. The van der Waals surface area contributed by atoms with Crippen LogP contribution in [0.5, 0.6) is 11.5 Å². The van der Waals surface area contributed by atoms with Gasteiger partial charge in [0.1, 0.15) is 12.2 Å². The van der Waals surface area contributed by atoms with Crippen LogP contribution in [0, 0.1) is 0 Å². The Morgan fingerprint density at radius 1 is 0.806 bits per heavy atom. The van der Waals surface area contributed by atoms with Crippen molar-refractivity contribution in [2.24, 2.45) is 10.2 Å². The minimum Gasteiger partial charge on any atom is -0.454 e. The summed E-state index contributed by atoms with van der Waals surface area (Å²) in [7, 11) is 0. The van der Waals surface area contributed by atoms with Crippen LogP contribution in [0.1, 0.15) is 5.56 Å². The Morgan fingerprint density at radius 2 is 1.55 bits per heavy atom. The molecule has 0 bridgehead atoms. The number of hydrogen-bond acceptors (Lipinski definition) is 6. The van der Waals surface area contributed by atoms with Gasteiger partial charge in [0.15, 0.2) is 29.7 Å². The van der Waals surface area contributed by atoms with Gasteiger partial charge in [-0.05, 0) is 29.8 Å². The van der Waals surface area contributed by atoms with Crippen molar-refractivity contribution in [3.63, 3.8) is 0 Å². The van der Waals surface area contributed by atoms with Crippen LogP contribution in [-0.2, 0) is 6.54 Å². The third-order valence-electron chi connectivity index (χ3n) is 4.79. The van der Waals surface area contributed by atoms with Crippen molar-refractivity contribution in [3.8, 4) is 11.5 Å². The summed E-state index contributed by atoms with van der Waals surface area (Å²) in [6, 6.07) is 25.6. The molecule has 7 nitrogen and oxygen atoms in total. The van der Waals surface area contributed by atoms with Crippen molar-refractivity contribution >= 4 is 17.2 Å². The Balaban J connectivity index is 1.37. The van der Waals surface area contributed by atoms with E-state index in [1.165, 1.54) is 5.56 Å². The molecule has 1 aliphatic heterocycles. The first kappa shape index (κ1) is 18.7. The summed E-state index contributed by atoms with van der Waals surface area (Å²) in [5.41, 5.74) is 2.55. The van der Waals surface area contributed by atoms with Crippen molar-refractivity contribution in [3.05, 3.63) is 103 Å². The van der Waals surface area contributed by atoms with Crippen LogP contribution in [0.15, 0.2) is 108 Å². The largest absolute Gasteiger partial charge is 0.454 e. The molecule has 0 N–H and O–H groups in total. The summed E-state index contributed by atoms with van der Waals surface area (Å²) in [6.07, 6.45) is 5.71. The van der Waals surface area contributed by atoms with E-state index in [4.69, 9.17) is 9.47 Å². The molecule has 0 spiro atoms. The van der Waals surface area contributed by atoms with Gasteiger partial charge in [0, 0.05) is 18.2 Å². The molecule has 0 amide bonds. The van der Waals surface area contributed by atoms with Crippen LogP contribution in [0.25, 0.3) is 0 Å². The van der Waals surface area contributed by atoms with E-state index in [1.54, 1.807) is 12.3 Å². The minimum atomic E-state index is 0.236. The molecule has 2 aromatic carbocycles. The van der Waals surface area contributed by atoms with Crippen molar-refractivity contribution in [1.82, 2.24) is 4.98 Å². The third kappa shape index (κ3) is 4.35. The molecule has 0 radical (unpaired) electrons. The van der Waals surface area contributed by atoms with E-state index in [2.05, 4.69) is 32.4 Å². The third-order valence-corrected chi connectivity index (χ3v) is 4.79. The van der Waals surface area contributed by atoms with Gasteiger partial charge in [0.05, 0.1) is 11.9 Å². The molecule has 152 valence electrons. The van der Waals surface area contributed by atoms with Crippen LogP contribution in [-0.4, -0.2) is 11.8 Å². The quantitative estimate of drug-likeness (QED) is 0.332. The fraction of sp³-hybridized carbons (Fsp3) is 0.0833. The van der Waals surface area contributed by atoms with Crippen molar-refractivity contribution < 1.29 is 14.1 Å². The molecule has 5 rings (SSSR count). The minimum absolute atomic E-state index is 0.236. The molecule has 4 aromatic rings. The highest BCUT2D eigenvalue weighted by atomic mass is 16.7. The SMILES string of the molecule is c1ccc(CN(c2ccc(N=Nc3ccc4c(c3)OCO4)cn2)[n+]2ccccc2)cc1. The standard InChI is InChI=1S/C24H20N5O2/c1-3-7-19(8-4-1)17-29(28-13-5-2-6-14-28)24-12-10-21(16-25-24)27-26-20-9-11-22-23(15-20)31-18-30-22/h1-16H,17-18H2/q+1. The zero-order chi connectivity index (χ0) is 20.9. The van der Waals surface area contributed by atoms with Crippen LogP contribution in [0.4, 0.5) is 17.2 Å². The first-order chi connectivity index (χ1) is 15.3. The summed E-state index contributed by atoms with van der Waals surface area (Å²) in [4.78, 5) is 4.63. The number of rotatable bonds is 6. The van der Waals surface area contributed by atoms with Crippen molar-refractivity contribution in [2.75, 3.05) is 11.8 Å². The molecule has 3 heterocycles. The molecular weight excluding hydrogens is 390 g/mol. The van der Waals surface area contributed by atoms with Crippen molar-refractivity contribution in [2.45, 2.75) is 6.54 Å². The number of hydrogen-bond donors (Lipinski definition) is 0. The van der Waals surface area contributed by atoms with Gasteiger partial charge in [-0.15, -0.1) is 10.1 Å². The van der Waals surface area contributed by atoms with Crippen LogP contribution < -0.4 is 19.2 Å². The number of fused-ring (bicyclic) bond motifs is 1. The number of benzene rings is 2. The van der Waals surface area contributed by atoms with E-state index in [-0.39, 0.29) is 6.79 Å². The van der Waals surface area contributed by atoms with Gasteiger partial charge in [-0.1, -0.05) is 41.1 Å². The number of nitrogens with zero attached hydrogens (tertiary/aromatic N) is 5. The van der Waals surface area contributed by atoms with Gasteiger partial charge in [-0.3, -0.25) is 0 Å². The number of anilines is 1. The van der Waals surface area contributed by atoms with Gasteiger partial charge >= 0.3 is 0 Å². The highest BCUT2D eigenvalue weighted by Gasteiger charge is 2.18. The molecule has 0 saturated carbocycles. The average molecular weight is 410 g/mol. The van der Waals surface area contributed by atoms with Crippen molar-refractivity contribution in [1.29, 1.82) is 0 Å². The van der Waals surface area contributed by atoms with Gasteiger partial charge in [0.2, 0.25) is 6.79 Å². The molecule has 7 heteroatoms. The highest BCUT2D eigenvalue weighted by Crippen LogP contribution is 2.35. The van der Waals surface area contributed by atoms with E-state index in [0.717, 1.165) is 11.6 Å². The highest BCUT2D eigenvalue weighted by molar-refractivity contribution is 5.53. The number of azo groups is 1. The lowest BCUT2D eigenvalue weighted by atomic mass is 10.2. The molecule has 0 unspecified atom stereocenters. The van der Waals surface area contributed by atoms with E-state index < -0.39 is 0 Å². The lowest BCUT2D eigenvalue weighted by Crippen LogP contribution is -2.53. The predicted octanol–water partition coefficient (Wildman–Crippen LogP) is 4.98. The Hall–Kier alpha value is -4.26. The second-order valence-corrected chi connectivity index (χ2v) is 6.91. The lowest BCUT2D eigenvalue weighted by Gasteiger charge is -2.17. The van der Waals surface area contributed by atoms with E-state index in [0.29, 0.717) is 23.7 Å². The molecule has 2 aromatic heterocycles. The van der Waals surface area contributed by atoms with Crippen LogP contribution in [0.3, 0.4) is 0 Å². The lowest BCUT2D eigenvalue weighted by molar-refractivity contribution is -0.686. The summed E-state index contributed by atoms with van der Waals surface area (Å²) in [5, 5.41) is 10.7. The second-order valence-electron chi connectivity index (χ2n) is 6.91. The summed E-state index contributed by atoms with van der Waals surface area (Å²) >= 11 is 0. The van der Waals surface area contributed by atoms with Gasteiger partial charge in [-0.2, -0.15) is 5.11 Å². The average Bonchev–Trinajstić information content (AvgIpc) is 3.31. The topological polar surface area (TPSA) is 63.2 Å². The van der Waals surface area contributed by atoms with Gasteiger partial charge in [-0.25, -0.2) is 4.98 Å². The Bertz CT molecular complexity index is 1180. The molecular formula is C24H20N5O2+. The smallest absolute Gasteiger partial charge is 0.231 e. The Kier molecular flexibility index (Phi) is 5.22. The Morgan fingerprint density at radius 3 is 2.35 bits per heavy atom. The molecule has 0 fully saturated rings. The summed E-state index contributed by atoms with van der Waals surface area (Å²) in [5.74, 6) is 2.21. The predicted molar refractivity (Wildman–Crippen MR) is 116 cm³/mol. The zero-order valence-corrected chi connectivity index (χ0v) is 16.7. The summed E-state index contributed by atoms with van der Waals surface area (Å²) in [6.45, 7) is 0.917. The van der Waals surface area contributed by atoms with Gasteiger partial charge < -0.3 is 9.47 Å². The van der Waals surface area contributed by atoms with Crippen LogP contribution in [0.2, 0.25) is 0 Å². The number of pyridine rings is 2. The van der Waals surface area contributed by atoms with E-state index >= 15 is 0 Å². The maximum absolute atomic E-state index is 5.38. The fourth-order valence-corrected chi connectivity index (χ4v) is 3.24. The molecule has 31 heavy (non-hydrogen) atoms. The molecule has 0 saturated heterocycles. The molecule has 1 aliphatic rings. The van der Waals surface area contributed by atoms with Crippen LogP contribution >= 0.6 is 0 Å². The maximum atomic E-state index is 5.38. The van der Waals surface area contributed by atoms with E-state index in [1.807, 2.05) is 77.7 Å². The number of ether oxygens (including phenoxy) is 2. The van der Waals surface area contributed by atoms with E-state index in [9.17, 15) is 0 Å². The number of aromatic nitrogens is 2. The van der Waals surface area contributed by atoms with Gasteiger partial charge in [0.25, 0.3) is 0 Å². The monoisotopic (exact) mass is 410 g/mol. The first-order valence-electron chi connectivity index (χ1n) is 9.91. The normalized spacial score (nSPS) is 12.3. The maximum Gasteiger partial charge on any atom is 0.231 e. The zero-order valence-electron chi connectivity index (χ0n) is 16.7.